The van der Waals surface area contributed by atoms with E-state index < -0.39 is 27.3 Å². The molecule has 0 aliphatic carbocycles. The van der Waals surface area contributed by atoms with E-state index in [0.29, 0.717) is 10.7 Å². The van der Waals surface area contributed by atoms with E-state index in [9.17, 15) is 14.4 Å². The molecule has 3 rings (SSSR count). The van der Waals surface area contributed by atoms with Crippen LogP contribution in [0.15, 0.2) is 24.3 Å². The maximum Gasteiger partial charge on any atom is 0.632 e. The zero-order valence-electron chi connectivity index (χ0n) is 9.75. The van der Waals surface area contributed by atoms with Crippen molar-refractivity contribution in [3.05, 3.63) is 29.3 Å². The molecule has 0 aromatic heterocycles. The second kappa shape index (κ2) is 2.97. The number of nitrogens with zero attached hydrogens (tertiary/aromatic N) is 3. The quantitative estimate of drug-likeness (QED) is 0.580. The summed E-state index contributed by atoms with van der Waals surface area (Å²) < 4.78 is -1.05. The predicted molar refractivity (Wildman–Crippen MR) is 62.5 cm³/mol. The van der Waals surface area contributed by atoms with Crippen LogP contribution in [0, 0.1) is 0 Å². The van der Waals surface area contributed by atoms with Gasteiger partial charge < -0.3 is 0 Å². The Labute approximate surface area is 108 Å². The van der Waals surface area contributed by atoms with Crippen LogP contribution >= 0.6 is 11.6 Å². The van der Waals surface area contributed by atoms with E-state index >= 15 is 0 Å². The fraction of sp³-hybridized carbons (Fsp3) is 0.182. The van der Waals surface area contributed by atoms with Crippen molar-refractivity contribution in [1.82, 2.24) is 0 Å². The molecule has 2 heterocycles. The van der Waals surface area contributed by atoms with Crippen molar-refractivity contribution in [3.63, 3.8) is 0 Å². The minimum Gasteiger partial charge on any atom is -0.199 e. The van der Waals surface area contributed by atoms with Gasteiger partial charge in [0.05, 0.1) is 5.69 Å². The molecule has 1 aromatic carbocycles. The number of amides is 6. The number of hydrogen-bond donors (Lipinski definition) is 0. The number of anilines is 1. The van der Waals surface area contributed by atoms with Crippen molar-refractivity contribution in [2.24, 2.45) is 0 Å². The average molecular weight is 268 g/mol. The summed E-state index contributed by atoms with van der Waals surface area (Å²) in [6, 6.07) is 4.86. The number of halogens is 1. The van der Waals surface area contributed by atoms with Crippen molar-refractivity contribution >= 4 is 35.4 Å². The molecule has 2 saturated heterocycles. The summed E-state index contributed by atoms with van der Waals surface area (Å²) >= 11 is 5.76. The van der Waals surface area contributed by atoms with Crippen LogP contribution in [0.4, 0.5) is 20.1 Å². The molecule has 6 amide bonds. The zero-order valence-corrected chi connectivity index (χ0v) is 10.5. The summed E-state index contributed by atoms with van der Waals surface area (Å²) in [5, 5.41) is 0.514. The van der Waals surface area contributed by atoms with Crippen LogP contribution in [0.25, 0.3) is 0 Å². The van der Waals surface area contributed by atoms with Crippen molar-refractivity contribution in [1.29, 1.82) is 0 Å². The molecule has 0 radical (unpaired) electrons. The molecule has 92 valence electrons. The molecule has 18 heavy (non-hydrogen) atoms. The first-order valence-electron chi connectivity index (χ1n) is 5.28. The Morgan fingerprint density at radius 1 is 0.944 bits per heavy atom. The van der Waals surface area contributed by atoms with Crippen LogP contribution in [-0.4, -0.2) is 41.4 Å². The molecular weight excluding hydrogens is 258 g/mol. The van der Waals surface area contributed by atoms with Gasteiger partial charge in [-0.1, -0.05) is 11.6 Å². The molecule has 1 aromatic rings. The number of quaternary nitrogens is 2. The normalized spacial score (nSPS) is 33.9. The lowest BCUT2D eigenvalue weighted by Crippen LogP contribution is -2.40. The lowest BCUT2D eigenvalue weighted by Gasteiger charge is -2.07. The van der Waals surface area contributed by atoms with Crippen LogP contribution < -0.4 is 4.90 Å². The number of urea groups is 3. The molecule has 0 spiro atoms. The topological polar surface area (TPSA) is 54.5 Å². The van der Waals surface area contributed by atoms with Gasteiger partial charge in [0.15, 0.2) is 0 Å². The van der Waals surface area contributed by atoms with E-state index in [2.05, 4.69) is 0 Å². The van der Waals surface area contributed by atoms with Gasteiger partial charge >= 0.3 is 18.1 Å². The summed E-state index contributed by atoms with van der Waals surface area (Å²) in [7, 11) is 2.89. The highest BCUT2D eigenvalue weighted by Gasteiger charge is 2.97. The molecule has 2 fully saturated rings. The van der Waals surface area contributed by atoms with Crippen LogP contribution in [0.1, 0.15) is 0 Å². The highest BCUT2D eigenvalue weighted by molar-refractivity contribution is 6.30. The molecule has 0 saturated carbocycles. The van der Waals surface area contributed by atoms with Crippen molar-refractivity contribution < 1.29 is 23.6 Å². The first-order valence-corrected chi connectivity index (χ1v) is 5.66. The maximum absolute atomic E-state index is 12.2. The Bertz CT molecular complexity index is 584. The standard InChI is InChI=1S/C11H10ClN3O3/c1-14-9(16)13(8-5-3-7(12)4-6-8)10(17)15(14,2)11(14)18/h3-6H,1-2H3/q+2. The Hall–Kier alpha value is -1.76. The van der Waals surface area contributed by atoms with Crippen LogP contribution in [-0.2, 0) is 0 Å². The fourth-order valence-electron chi connectivity index (χ4n) is 2.29. The molecule has 2 unspecified atom stereocenters. The number of fused-ring (bicyclic) bond motifs is 1. The van der Waals surface area contributed by atoms with E-state index in [1.54, 1.807) is 24.3 Å². The molecule has 2 atom stereocenters. The molecule has 0 bridgehead atoms. The smallest absolute Gasteiger partial charge is 0.199 e. The van der Waals surface area contributed by atoms with Gasteiger partial charge in [0.2, 0.25) is 0 Å². The van der Waals surface area contributed by atoms with Crippen molar-refractivity contribution in [3.8, 4) is 0 Å². The van der Waals surface area contributed by atoms with E-state index in [1.165, 1.54) is 14.1 Å². The Balaban J connectivity index is 2.08. The third-order valence-corrected chi connectivity index (χ3v) is 3.97. The highest BCUT2D eigenvalue weighted by Crippen LogP contribution is 2.48. The Morgan fingerprint density at radius 3 is 1.83 bits per heavy atom. The second-order valence-corrected chi connectivity index (χ2v) is 5.01. The number of imide groups is 3. The summed E-state index contributed by atoms with van der Waals surface area (Å²) in [5.41, 5.74) is 0.424. The summed E-state index contributed by atoms with van der Waals surface area (Å²) in [4.78, 5) is 37.1. The predicted octanol–water partition coefficient (Wildman–Crippen LogP) is 2.34. The summed E-state index contributed by atoms with van der Waals surface area (Å²) in [5.74, 6) is 0. The number of carbonyl (C=O) groups is 3. The van der Waals surface area contributed by atoms with Gasteiger partial charge in [0.25, 0.3) is 0 Å². The minimum absolute atomic E-state index is 0.407. The van der Waals surface area contributed by atoms with Gasteiger partial charge in [-0.3, -0.25) is 0 Å². The molecule has 2 aliphatic rings. The average Bonchev–Trinajstić information content (AvgIpc) is 2.73. The fourth-order valence-corrected chi connectivity index (χ4v) is 2.42. The molecule has 7 heteroatoms. The largest absolute Gasteiger partial charge is 0.632 e. The Kier molecular flexibility index (Phi) is 1.87. The van der Waals surface area contributed by atoms with Gasteiger partial charge in [-0.15, -0.1) is 4.90 Å². The molecule has 2 aliphatic heterocycles. The number of carbonyl (C=O) groups excluding carboxylic acids is 3. The van der Waals surface area contributed by atoms with E-state index in [1.807, 2.05) is 0 Å². The van der Waals surface area contributed by atoms with Crippen molar-refractivity contribution in [2.75, 3.05) is 19.0 Å². The number of benzene rings is 1. The molecule has 6 nitrogen and oxygen atoms in total. The maximum atomic E-state index is 12.2. The van der Waals surface area contributed by atoms with Crippen LogP contribution in [0.3, 0.4) is 0 Å². The second-order valence-electron chi connectivity index (χ2n) is 4.58. The van der Waals surface area contributed by atoms with E-state index in [-0.39, 0.29) is 0 Å². The van der Waals surface area contributed by atoms with Gasteiger partial charge in [-0.25, -0.2) is 0 Å². The SMILES string of the molecule is C[N+]12C(=O)N(c3ccc(Cl)cc3)C(=O)[N+]1(C)C2=O. The first kappa shape index (κ1) is 11.3. The summed E-state index contributed by atoms with van der Waals surface area (Å²) in [6.07, 6.45) is 0. The third-order valence-electron chi connectivity index (χ3n) is 3.72. The first-order chi connectivity index (χ1) is 8.35. The van der Waals surface area contributed by atoms with E-state index in [4.69, 9.17) is 11.6 Å². The summed E-state index contributed by atoms with van der Waals surface area (Å²) in [6.45, 7) is 0. The molecular formula is C11H10ClN3O3+2. The van der Waals surface area contributed by atoms with Gasteiger partial charge in [0.1, 0.15) is 14.1 Å². The Morgan fingerprint density at radius 2 is 1.39 bits per heavy atom. The van der Waals surface area contributed by atoms with Crippen LogP contribution in [0.5, 0.6) is 0 Å². The highest BCUT2D eigenvalue weighted by atomic mass is 35.5. The third kappa shape index (κ3) is 0.951. The van der Waals surface area contributed by atoms with Gasteiger partial charge in [-0.05, 0) is 24.3 Å². The monoisotopic (exact) mass is 267 g/mol. The molecule has 0 N–H and O–H groups in total. The lowest BCUT2D eigenvalue weighted by molar-refractivity contribution is -1.16. The lowest BCUT2D eigenvalue weighted by atomic mass is 10.3. The van der Waals surface area contributed by atoms with Crippen molar-refractivity contribution in [2.45, 2.75) is 0 Å². The number of hydrogen-bond acceptors (Lipinski definition) is 3. The number of rotatable bonds is 1. The van der Waals surface area contributed by atoms with Gasteiger partial charge in [0, 0.05) is 14.2 Å². The minimum atomic E-state index is -0.533. The zero-order chi connectivity index (χ0) is 13.3. The van der Waals surface area contributed by atoms with Gasteiger partial charge in [-0.2, -0.15) is 14.4 Å². The van der Waals surface area contributed by atoms with E-state index in [0.717, 1.165) is 4.90 Å². The van der Waals surface area contributed by atoms with Crippen LogP contribution in [0.2, 0.25) is 5.02 Å².